The van der Waals surface area contributed by atoms with E-state index in [1.54, 1.807) is 0 Å². The van der Waals surface area contributed by atoms with Crippen LogP contribution in [-0.2, 0) is 42.1 Å². The van der Waals surface area contributed by atoms with E-state index in [0.717, 1.165) is 75.2 Å². The Morgan fingerprint density at radius 1 is 0.836 bits per heavy atom. The van der Waals surface area contributed by atoms with Crippen LogP contribution in [0.15, 0.2) is 34.5 Å². The fourth-order valence-corrected chi connectivity index (χ4v) is 13.9. The third kappa shape index (κ3) is 14.6. The van der Waals surface area contributed by atoms with Gasteiger partial charge in [-0.1, -0.05) is 118 Å². The molecule has 5 saturated heterocycles. The number of ketones is 1. The number of ether oxygens (including phenoxy) is 5. The molecule has 0 aromatic rings. The van der Waals surface area contributed by atoms with Crippen LogP contribution in [0.3, 0.4) is 0 Å². The van der Waals surface area contributed by atoms with Gasteiger partial charge in [-0.2, -0.15) is 0 Å². The molecule has 67 heavy (non-hydrogen) atoms. The topological polar surface area (TPSA) is 98.8 Å². The maximum atomic E-state index is 14.5. The van der Waals surface area contributed by atoms with Crippen molar-refractivity contribution in [1.29, 1.82) is 0 Å². The average molecular weight is 1080 g/mol. The molecular formula is C55H95IO9Si2. The quantitative estimate of drug-likeness (QED) is 0.0482. The summed E-state index contributed by atoms with van der Waals surface area (Å²) in [5.74, 6) is 1.50. The highest BCUT2D eigenvalue weighted by Crippen LogP contribution is 2.47. The number of rotatable bonds is 21. The van der Waals surface area contributed by atoms with Crippen LogP contribution in [0.2, 0.25) is 36.3 Å². The van der Waals surface area contributed by atoms with Gasteiger partial charge in [0.2, 0.25) is 0 Å². The Labute approximate surface area is 424 Å². The summed E-state index contributed by atoms with van der Waals surface area (Å²) >= 11 is 2.31. The van der Waals surface area contributed by atoms with Crippen LogP contribution in [0.5, 0.6) is 0 Å². The van der Waals surface area contributed by atoms with Gasteiger partial charge in [0.1, 0.15) is 18.2 Å². The van der Waals surface area contributed by atoms with Gasteiger partial charge in [0.05, 0.1) is 67.1 Å². The molecule has 12 heteroatoms. The first-order valence-corrected chi connectivity index (χ1v) is 33.5. The van der Waals surface area contributed by atoms with Crippen molar-refractivity contribution in [3.8, 4) is 0 Å². The highest BCUT2D eigenvalue weighted by molar-refractivity contribution is 14.1. The average Bonchev–Trinajstić information content (AvgIpc) is 3.73. The molecule has 384 valence electrons. The maximum Gasteiger partial charge on any atom is 0.193 e. The van der Waals surface area contributed by atoms with Crippen LogP contribution in [0, 0.1) is 29.6 Å². The number of fused-ring (bicyclic) bond motifs is 1. The zero-order valence-corrected chi connectivity index (χ0v) is 48.9. The fraction of sp³-hybridized carbons (Fsp3) is 0.855. The highest BCUT2D eigenvalue weighted by Gasteiger charge is 2.54. The summed E-state index contributed by atoms with van der Waals surface area (Å²) in [7, 11) is -4.41. The normalized spacial score (nSPS) is 36.6. The van der Waals surface area contributed by atoms with E-state index in [1.165, 1.54) is 0 Å². The maximum absolute atomic E-state index is 14.5. The molecule has 5 rings (SSSR count). The third-order valence-corrected chi connectivity index (χ3v) is 27.1. The summed E-state index contributed by atoms with van der Waals surface area (Å²) < 4.78 is 51.1. The van der Waals surface area contributed by atoms with Crippen molar-refractivity contribution in [3.63, 3.8) is 0 Å². The van der Waals surface area contributed by atoms with Gasteiger partial charge < -0.3 is 37.3 Å². The third-order valence-electron chi connectivity index (χ3n) is 17.7. The molecule has 0 aromatic heterocycles. The van der Waals surface area contributed by atoms with E-state index in [2.05, 4.69) is 148 Å². The number of hydrogen-bond donors (Lipinski definition) is 0. The lowest BCUT2D eigenvalue weighted by Gasteiger charge is -2.54. The number of carbonyl (C=O) groups is 2. The van der Waals surface area contributed by atoms with Gasteiger partial charge >= 0.3 is 0 Å². The Hall–Kier alpha value is -0.556. The molecule has 5 fully saturated rings. The predicted molar refractivity (Wildman–Crippen MR) is 286 cm³/mol. The van der Waals surface area contributed by atoms with Crippen molar-refractivity contribution < 1.29 is 42.1 Å². The van der Waals surface area contributed by atoms with Gasteiger partial charge in [-0.05, 0) is 133 Å². The van der Waals surface area contributed by atoms with Crippen molar-refractivity contribution in [2.75, 3.05) is 0 Å². The Balaban J connectivity index is 1.28. The van der Waals surface area contributed by atoms with Crippen LogP contribution in [-0.4, -0.2) is 102 Å². The lowest BCUT2D eigenvalue weighted by atomic mass is 9.78. The van der Waals surface area contributed by atoms with Crippen LogP contribution in [0.25, 0.3) is 0 Å². The Kier molecular flexibility index (Phi) is 20.5. The minimum absolute atomic E-state index is 0.0122. The molecule has 0 unspecified atom stereocenters. The first-order valence-electron chi connectivity index (χ1n) is 26.4. The van der Waals surface area contributed by atoms with E-state index in [9.17, 15) is 9.59 Å². The first kappa shape index (κ1) is 57.3. The molecular weight excluding hydrogens is 988 g/mol. The predicted octanol–water partition coefficient (Wildman–Crippen LogP) is 13.7. The number of aldehydes is 1. The zero-order chi connectivity index (χ0) is 49.8. The molecule has 0 amide bonds. The number of hydrogen-bond acceptors (Lipinski definition) is 9. The molecule has 9 nitrogen and oxygen atoms in total. The summed E-state index contributed by atoms with van der Waals surface area (Å²) in [6.07, 6.45) is 12.1. The van der Waals surface area contributed by atoms with E-state index >= 15 is 0 Å². The number of halogens is 1. The number of Topliss-reactive ketones (excluding diaryl/α,β-unsaturated/α-hetero) is 1. The molecule has 0 spiro atoms. The molecule has 5 aliphatic heterocycles. The molecule has 0 saturated carbocycles. The van der Waals surface area contributed by atoms with Crippen molar-refractivity contribution in [3.05, 3.63) is 34.5 Å². The Bertz CT molecular complexity index is 1690. The summed E-state index contributed by atoms with van der Waals surface area (Å²) in [4.78, 5) is 25.4. The summed E-state index contributed by atoms with van der Waals surface area (Å²) in [6, 6.07) is 0. The van der Waals surface area contributed by atoms with Gasteiger partial charge in [0, 0.05) is 31.6 Å². The van der Waals surface area contributed by atoms with Gasteiger partial charge in [-0.25, -0.2) is 0 Å². The Morgan fingerprint density at radius 2 is 1.51 bits per heavy atom. The van der Waals surface area contributed by atoms with E-state index in [-0.39, 0.29) is 107 Å². The largest absolute Gasteiger partial charge is 0.411 e. The van der Waals surface area contributed by atoms with Gasteiger partial charge in [0.15, 0.2) is 16.6 Å². The SMILES string of the molecule is C=C1C[C@H](CCC=O)O[C@H]1CC[C@H]1C[C@@H](C)C(=C)[C@@H](C[C@@H]2O[C@H](C[C@H](C)CC)[C@H](C)[C@H]2CC(=O)C[C@H]2CC[C@@H]3O[C@@H]([C@H](/C=C/I)O[Si](C)(C)C(C)(C)C)[C@@H](O[Si](C)(C)C(C)(C)C)[C@@H](C)[C@H]3O2)O1. The summed E-state index contributed by atoms with van der Waals surface area (Å²) in [5.41, 5.74) is 2.26. The van der Waals surface area contributed by atoms with Crippen molar-refractivity contribution in [1.82, 2.24) is 0 Å². The molecule has 0 radical (unpaired) electrons. The van der Waals surface area contributed by atoms with Crippen LogP contribution in [0.1, 0.15) is 160 Å². The van der Waals surface area contributed by atoms with Crippen molar-refractivity contribution >= 4 is 51.3 Å². The molecule has 5 aliphatic rings. The van der Waals surface area contributed by atoms with Crippen molar-refractivity contribution in [2.24, 2.45) is 29.6 Å². The lowest BCUT2D eigenvalue weighted by Crippen LogP contribution is -2.64. The zero-order valence-electron chi connectivity index (χ0n) is 44.7. The number of carbonyl (C=O) groups excluding carboxylic acids is 2. The minimum atomic E-state index is -2.24. The van der Waals surface area contributed by atoms with Crippen LogP contribution in [0.4, 0.5) is 0 Å². The molecule has 17 atom stereocenters. The highest BCUT2D eigenvalue weighted by atomic mass is 127. The summed E-state index contributed by atoms with van der Waals surface area (Å²) in [6.45, 7) is 43.3. The Morgan fingerprint density at radius 3 is 2.13 bits per heavy atom. The van der Waals surface area contributed by atoms with Gasteiger partial charge in [0.25, 0.3) is 0 Å². The first-order chi connectivity index (χ1) is 31.2. The molecule has 0 aliphatic carbocycles. The van der Waals surface area contributed by atoms with Crippen LogP contribution < -0.4 is 0 Å². The lowest BCUT2D eigenvalue weighted by molar-refractivity contribution is -0.251. The summed E-state index contributed by atoms with van der Waals surface area (Å²) in [5, 5.41) is 0.0538. The van der Waals surface area contributed by atoms with Gasteiger partial charge in [-0.15, -0.1) is 0 Å². The standard InChI is InChI=1S/C55H95IO9Si2/c1-18-34(2)28-48-38(6)44(50(62-48)33-49-37(5)35(3)29-42(60-49)21-23-45-36(4)30-41(59-45)20-19-27-57)32-40(58)31-43-22-24-46-51(61-43)39(7)52(65-67(16,17)55(11,12)13)53(63-46)47(25-26-56)64-66(14,15)54(8,9)10/h25-27,34-35,38-39,41-53H,4-5,18-24,28-33H2,1-3,6-17H3/b26-25+/t34-,35-,38-,39+,41+,42+,43-,44-,45+,46+,47+,48-,49-,50+,51-,52+,53+/m1/s1. The second-order valence-corrected chi connectivity index (χ2v) is 35.1. The monoisotopic (exact) mass is 1080 g/mol. The van der Waals surface area contributed by atoms with E-state index in [0.29, 0.717) is 37.5 Å². The second kappa shape index (κ2) is 24.0. The van der Waals surface area contributed by atoms with Crippen molar-refractivity contribution in [2.45, 2.75) is 269 Å². The molecule has 5 heterocycles. The fourth-order valence-electron chi connectivity index (χ4n) is 10.9. The second-order valence-electron chi connectivity index (χ2n) is 24.9. The molecule has 0 bridgehead atoms. The van der Waals surface area contributed by atoms with E-state index < -0.39 is 16.6 Å². The van der Waals surface area contributed by atoms with Crippen LogP contribution >= 0.6 is 22.6 Å². The minimum Gasteiger partial charge on any atom is -0.411 e. The molecule has 0 aromatic carbocycles. The van der Waals surface area contributed by atoms with Gasteiger partial charge in [-0.3, -0.25) is 4.79 Å². The smallest absolute Gasteiger partial charge is 0.193 e. The van der Waals surface area contributed by atoms with E-state index in [4.69, 9.17) is 32.5 Å². The molecule has 0 N–H and O–H groups in total. The van der Waals surface area contributed by atoms with E-state index in [1.807, 2.05) is 0 Å².